The third kappa shape index (κ3) is 5.26. The van der Waals surface area contributed by atoms with E-state index in [4.69, 9.17) is 0 Å². The second kappa shape index (κ2) is 7.13. The van der Waals surface area contributed by atoms with Gasteiger partial charge in [-0.3, -0.25) is 9.59 Å². The van der Waals surface area contributed by atoms with Gasteiger partial charge in [-0.15, -0.1) is 0 Å². The van der Waals surface area contributed by atoms with Crippen molar-refractivity contribution in [3.8, 4) is 0 Å². The molecule has 0 spiro atoms. The first-order valence-electron chi connectivity index (χ1n) is 7.47. The van der Waals surface area contributed by atoms with E-state index >= 15 is 0 Å². The van der Waals surface area contributed by atoms with Crippen LogP contribution in [-0.4, -0.2) is 17.9 Å². The minimum absolute atomic E-state index is 0.136. The predicted octanol–water partition coefficient (Wildman–Crippen LogP) is 4.88. The maximum absolute atomic E-state index is 12.8. The van der Waals surface area contributed by atoms with Crippen LogP contribution in [-0.2, 0) is 17.1 Å². The lowest BCUT2D eigenvalue weighted by Gasteiger charge is -2.23. The molecular formula is C16H10F9NO2. The van der Waals surface area contributed by atoms with E-state index in [1.807, 2.05) is 0 Å². The molecule has 2 rings (SSSR count). The van der Waals surface area contributed by atoms with Crippen molar-refractivity contribution < 1.29 is 49.1 Å². The number of benzene rings is 1. The zero-order chi connectivity index (χ0) is 21.5. The Balaban J connectivity index is 2.38. The van der Waals surface area contributed by atoms with Crippen molar-refractivity contribution >= 4 is 11.7 Å². The van der Waals surface area contributed by atoms with E-state index in [0.29, 0.717) is 6.08 Å². The van der Waals surface area contributed by atoms with Gasteiger partial charge in [0.05, 0.1) is 17.0 Å². The molecule has 154 valence electrons. The summed E-state index contributed by atoms with van der Waals surface area (Å²) in [5, 5.41) is 1.79. The largest absolute Gasteiger partial charge is 0.416 e. The summed E-state index contributed by atoms with van der Waals surface area (Å²) >= 11 is 0. The van der Waals surface area contributed by atoms with Gasteiger partial charge in [0.1, 0.15) is 5.78 Å². The molecule has 1 aliphatic carbocycles. The summed E-state index contributed by atoms with van der Waals surface area (Å²) in [5.41, 5.74) is -5.12. The Labute approximate surface area is 151 Å². The summed E-state index contributed by atoms with van der Waals surface area (Å²) in [7, 11) is 0. The fourth-order valence-electron chi connectivity index (χ4n) is 2.49. The topological polar surface area (TPSA) is 46.2 Å². The fourth-order valence-corrected chi connectivity index (χ4v) is 2.49. The molecular weight excluding hydrogens is 409 g/mol. The first kappa shape index (κ1) is 21.8. The highest BCUT2D eigenvalue weighted by Crippen LogP contribution is 2.37. The Bertz CT molecular complexity index is 787. The van der Waals surface area contributed by atoms with Gasteiger partial charge in [0.2, 0.25) is 0 Å². The van der Waals surface area contributed by atoms with Gasteiger partial charge in [0, 0.05) is 24.1 Å². The Morgan fingerprint density at radius 1 is 0.893 bits per heavy atom. The van der Waals surface area contributed by atoms with Crippen LogP contribution >= 0.6 is 0 Å². The molecule has 1 aromatic carbocycles. The molecule has 1 aromatic rings. The second-order valence-electron chi connectivity index (χ2n) is 6.01. The lowest BCUT2D eigenvalue weighted by molar-refractivity contribution is -0.167. The fraction of sp³-hybridized carbons (Fsp3) is 0.375. The number of alkyl halides is 9. The highest BCUT2D eigenvalue weighted by atomic mass is 19.4. The molecule has 1 unspecified atom stereocenters. The van der Waals surface area contributed by atoms with Crippen LogP contribution < -0.4 is 5.32 Å². The van der Waals surface area contributed by atoms with Gasteiger partial charge >= 0.3 is 18.5 Å². The number of ketones is 1. The summed E-state index contributed by atoms with van der Waals surface area (Å²) in [4.78, 5) is 23.5. The van der Waals surface area contributed by atoms with Crippen molar-refractivity contribution in [2.45, 2.75) is 31.4 Å². The highest BCUT2D eigenvalue weighted by molar-refractivity contribution is 5.96. The number of amides is 1. The number of allylic oxidation sites excluding steroid dienone is 2. The average Bonchev–Trinajstić information content (AvgIpc) is 2.51. The number of carbonyl (C=O) groups excluding carboxylic acids is 2. The molecule has 1 aliphatic rings. The first-order chi connectivity index (χ1) is 12.6. The van der Waals surface area contributed by atoms with Gasteiger partial charge in [-0.05, 0) is 18.2 Å². The Morgan fingerprint density at radius 3 is 1.82 bits per heavy atom. The smallest absolute Gasteiger partial charge is 0.326 e. The summed E-state index contributed by atoms with van der Waals surface area (Å²) in [6.45, 7) is 0. The van der Waals surface area contributed by atoms with Crippen LogP contribution in [0.3, 0.4) is 0 Å². The van der Waals surface area contributed by atoms with E-state index in [1.54, 1.807) is 5.32 Å². The highest BCUT2D eigenvalue weighted by Gasteiger charge is 2.42. The van der Waals surface area contributed by atoms with E-state index in [-0.39, 0.29) is 18.2 Å². The third-order valence-corrected chi connectivity index (χ3v) is 3.78. The van der Waals surface area contributed by atoms with Gasteiger partial charge in [-0.25, -0.2) is 0 Å². The van der Waals surface area contributed by atoms with Crippen LogP contribution in [0, 0.1) is 5.92 Å². The van der Waals surface area contributed by atoms with Crippen molar-refractivity contribution in [1.82, 2.24) is 5.32 Å². The number of carbonyl (C=O) groups is 2. The summed E-state index contributed by atoms with van der Waals surface area (Å²) in [6, 6.07) is 0.0773. The van der Waals surface area contributed by atoms with E-state index in [9.17, 15) is 49.1 Å². The van der Waals surface area contributed by atoms with Crippen LogP contribution in [0.1, 0.15) is 34.3 Å². The molecule has 1 N–H and O–H groups in total. The zero-order valence-electron chi connectivity index (χ0n) is 13.5. The summed E-state index contributed by atoms with van der Waals surface area (Å²) in [5.74, 6) is -4.60. The van der Waals surface area contributed by atoms with Crippen molar-refractivity contribution in [2.75, 3.05) is 0 Å². The molecule has 0 aromatic heterocycles. The standard InChI is InChI=1S/C16H10F9NO2/c17-14(18,19)8-1-7(2-9(3-8)15(20,21)22)13(28)26-11-4-10(16(23,24)25)5-12(27)6-11/h1-4,10H,5-6H2,(H,26,28). The second-order valence-corrected chi connectivity index (χ2v) is 6.01. The normalized spacial score (nSPS) is 18.7. The molecule has 0 saturated carbocycles. The van der Waals surface area contributed by atoms with Crippen molar-refractivity contribution in [2.24, 2.45) is 5.92 Å². The number of nitrogens with one attached hydrogen (secondary N) is 1. The van der Waals surface area contributed by atoms with Crippen LogP contribution in [0.25, 0.3) is 0 Å². The van der Waals surface area contributed by atoms with Crippen molar-refractivity contribution in [3.63, 3.8) is 0 Å². The van der Waals surface area contributed by atoms with Gasteiger partial charge in [0.15, 0.2) is 0 Å². The Hall–Kier alpha value is -2.53. The molecule has 0 fully saturated rings. The summed E-state index contributed by atoms with van der Waals surface area (Å²) in [6.07, 6.45) is -16.2. The number of hydrogen-bond donors (Lipinski definition) is 1. The molecule has 0 heterocycles. The minimum Gasteiger partial charge on any atom is -0.326 e. The molecule has 0 bridgehead atoms. The minimum atomic E-state index is -5.20. The van der Waals surface area contributed by atoms with Gasteiger partial charge in [-0.1, -0.05) is 6.08 Å². The van der Waals surface area contributed by atoms with Crippen LogP contribution in [0.15, 0.2) is 30.0 Å². The maximum atomic E-state index is 12.8. The lowest BCUT2D eigenvalue weighted by atomic mass is 9.92. The summed E-state index contributed by atoms with van der Waals surface area (Å²) < 4.78 is 115. The molecule has 0 radical (unpaired) electrons. The molecule has 1 amide bonds. The van der Waals surface area contributed by atoms with E-state index in [1.165, 1.54) is 0 Å². The van der Waals surface area contributed by atoms with Crippen molar-refractivity contribution in [1.29, 1.82) is 0 Å². The number of hydrogen-bond acceptors (Lipinski definition) is 2. The number of Topliss-reactive ketones (excluding diaryl/α,β-unsaturated/α-hetero) is 1. The molecule has 1 atom stereocenters. The maximum Gasteiger partial charge on any atom is 0.416 e. The average molecular weight is 419 g/mol. The zero-order valence-corrected chi connectivity index (χ0v) is 13.5. The van der Waals surface area contributed by atoms with Gasteiger partial charge in [0.25, 0.3) is 5.91 Å². The first-order valence-corrected chi connectivity index (χ1v) is 7.47. The van der Waals surface area contributed by atoms with Crippen molar-refractivity contribution in [3.05, 3.63) is 46.7 Å². The molecule has 0 aliphatic heterocycles. The van der Waals surface area contributed by atoms with Crippen LogP contribution in [0.5, 0.6) is 0 Å². The molecule has 0 saturated heterocycles. The van der Waals surface area contributed by atoms with E-state index in [2.05, 4.69) is 0 Å². The predicted molar refractivity (Wildman–Crippen MR) is 75.8 cm³/mol. The van der Waals surface area contributed by atoms with Gasteiger partial charge < -0.3 is 5.32 Å². The van der Waals surface area contributed by atoms with Crippen LogP contribution in [0.4, 0.5) is 39.5 Å². The third-order valence-electron chi connectivity index (χ3n) is 3.78. The van der Waals surface area contributed by atoms with Crippen LogP contribution in [0.2, 0.25) is 0 Å². The molecule has 12 heteroatoms. The Morgan fingerprint density at radius 2 is 1.39 bits per heavy atom. The van der Waals surface area contributed by atoms with Gasteiger partial charge in [-0.2, -0.15) is 39.5 Å². The lowest BCUT2D eigenvalue weighted by Crippen LogP contribution is -2.33. The number of rotatable bonds is 2. The molecule has 3 nitrogen and oxygen atoms in total. The quantitative estimate of drug-likeness (QED) is 0.695. The van der Waals surface area contributed by atoms with E-state index < -0.39 is 71.4 Å². The monoisotopic (exact) mass is 419 g/mol. The Kier molecular flexibility index (Phi) is 5.55. The SMILES string of the molecule is O=C1CC(NC(=O)c2cc(C(F)(F)F)cc(C(F)(F)F)c2)=CC(C(F)(F)F)C1. The number of halogens is 9. The molecule has 28 heavy (non-hydrogen) atoms. The van der Waals surface area contributed by atoms with E-state index in [0.717, 1.165) is 0 Å².